The first-order valence-electron chi connectivity index (χ1n) is 11.3. The molecule has 9 heteroatoms. The van der Waals surface area contributed by atoms with Crippen LogP contribution in [0, 0.1) is 17.6 Å². The van der Waals surface area contributed by atoms with Crippen molar-refractivity contribution in [2.24, 2.45) is 5.92 Å². The lowest BCUT2D eigenvalue weighted by molar-refractivity contribution is -0.131. The summed E-state index contributed by atoms with van der Waals surface area (Å²) in [4.78, 5) is 16.0. The lowest BCUT2D eigenvalue weighted by Crippen LogP contribution is -2.46. The van der Waals surface area contributed by atoms with Crippen LogP contribution < -0.4 is 4.90 Å². The third-order valence-corrected chi connectivity index (χ3v) is 8.69. The predicted octanol–water partition coefficient (Wildman–Crippen LogP) is 3.18. The third-order valence-electron chi connectivity index (χ3n) is 6.32. The summed E-state index contributed by atoms with van der Waals surface area (Å²) < 4.78 is 59.5. The first-order chi connectivity index (χ1) is 15.0. The van der Waals surface area contributed by atoms with Crippen LogP contribution in [0.15, 0.2) is 12.1 Å². The number of morpholine rings is 1. The molecule has 2 heterocycles. The van der Waals surface area contributed by atoms with Gasteiger partial charge in [-0.05, 0) is 64.2 Å². The van der Waals surface area contributed by atoms with E-state index < -0.39 is 26.7 Å². The van der Waals surface area contributed by atoms with E-state index in [1.165, 1.54) is 12.1 Å². The number of benzene rings is 1. The molecule has 2 aliphatic heterocycles. The van der Waals surface area contributed by atoms with Crippen molar-refractivity contribution < 1.29 is 26.7 Å². The van der Waals surface area contributed by atoms with Crippen LogP contribution >= 0.6 is 0 Å². The van der Waals surface area contributed by atoms with Crippen LogP contribution in [-0.4, -0.2) is 68.6 Å². The van der Waals surface area contributed by atoms with Gasteiger partial charge in [0, 0.05) is 26.2 Å². The number of rotatable bonds is 6. The summed E-state index contributed by atoms with van der Waals surface area (Å²) in [6, 6.07) is 2.48. The van der Waals surface area contributed by atoms with Crippen molar-refractivity contribution in [3.05, 3.63) is 29.3 Å². The van der Waals surface area contributed by atoms with Gasteiger partial charge < -0.3 is 14.5 Å². The molecule has 0 radical (unpaired) electrons. The first kappa shape index (κ1) is 24.9. The maximum atomic E-state index is 14.8. The molecule has 2 aliphatic rings. The fourth-order valence-electron chi connectivity index (χ4n) is 4.54. The van der Waals surface area contributed by atoms with Gasteiger partial charge in [0.1, 0.15) is 17.3 Å². The number of nitrogens with zero attached hydrogens (tertiary/aromatic N) is 2. The molecular weight excluding hydrogens is 438 g/mol. The van der Waals surface area contributed by atoms with Gasteiger partial charge in [0.25, 0.3) is 0 Å². The Bertz CT molecular complexity index is 897. The molecule has 0 saturated carbocycles. The van der Waals surface area contributed by atoms with Gasteiger partial charge in [0.05, 0.1) is 29.6 Å². The molecule has 2 saturated heterocycles. The van der Waals surface area contributed by atoms with E-state index >= 15 is 0 Å². The van der Waals surface area contributed by atoms with Crippen LogP contribution in [-0.2, 0) is 25.8 Å². The second-order valence-corrected chi connectivity index (χ2v) is 12.1. The number of sulfone groups is 1. The minimum atomic E-state index is -3.11. The summed E-state index contributed by atoms with van der Waals surface area (Å²) in [7, 11) is -3.11. The van der Waals surface area contributed by atoms with Gasteiger partial charge >= 0.3 is 0 Å². The molecular formula is C23H34F2N2O4S. The lowest BCUT2D eigenvalue weighted by atomic mass is 9.98. The van der Waals surface area contributed by atoms with Gasteiger partial charge in [-0.25, -0.2) is 17.2 Å². The van der Waals surface area contributed by atoms with E-state index in [0.717, 1.165) is 0 Å². The Morgan fingerprint density at radius 3 is 2.12 bits per heavy atom. The van der Waals surface area contributed by atoms with E-state index in [4.69, 9.17) is 4.74 Å². The van der Waals surface area contributed by atoms with Gasteiger partial charge in [-0.2, -0.15) is 0 Å². The molecule has 32 heavy (non-hydrogen) atoms. The third kappa shape index (κ3) is 5.98. The zero-order valence-electron chi connectivity index (χ0n) is 19.3. The van der Waals surface area contributed by atoms with Crippen LogP contribution in [0.4, 0.5) is 14.5 Å². The Kier molecular flexibility index (Phi) is 7.81. The molecule has 1 aromatic carbocycles. The molecule has 3 rings (SSSR count). The van der Waals surface area contributed by atoms with E-state index in [-0.39, 0.29) is 41.9 Å². The van der Waals surface area contributed by atoms with Crippen molar-refractivity contribution >= 4 is 21.4 Å². The minimum Gasteiger partial charge on any atom is -0.372 e. The number of hydrogen-bond donors (Lipinski definition) is 0. The van der Waals surface area contributed by atoms with E-state index in [2.05, 4.69) is 0 Å². The maximum absolute atomic E-state index is 14.8. The number of piperidine rings is 1. The molecule has 0 bridgehead atoms. The number of carbonyl (C=O) groups excluding carboxylic acids is 1. The van der Waals surface area contributed by atoms with Crippen molar-refractivity contribution in [1.82, 2.24) is 4.90 Å². The van der Waals surface area contributed by atoms with Crippen LogP contribution in [0.3, 0.4) is 0 Å². The van der Waals surface area contributed by atoms with E-state index in [1.807, 2.05) is 13.8 Å². The van der Waals surface area contributed by atoms with E-state index in [9.17, 15) is 22.0 Å². The SMILES string of the molecule is CC(C)S(=O)(=O)CC1CCN(C(=O)Cc2cc(F)c(N3C[C@@H](C)O[C@@H](C)C3)c(F)c2)CC1. The van der Waals surface area contributed by atoms with Crippen LogP contribution in [0.25, 0.3) is 0 Å². The minimum absolute atomic E-state index is 0.0407. The van der Waals surface area contributed by atoms with Crippen molar-refractivity contribution in [2.45, 2.75) is 64.4 Å². The van der Waals surface area contributed by atoms with Gasteiger partial charge in [0.15, 0.2) is 9.84 Å². The summed E-state index contributed by atoms with van der Waals surface area (Å²) in [5.74, 6) is -1.36. The maximum Gasteiger partial charge on any atom is 0.226 e. The zero-order chi connectivity index (χ0) is 23.6. The molecule has 180 valence electrons. The Morgan fingerprint density at radius 1 is 1.09 bits per heavy atom. The number of anilines is 1. The van der Waals surface area contributed by atoms with Gasteiger partial charge in [-0.3, -0.25) is 4.79 Å². The first-order valence-corrected chi connectivity index (χ1v) is 13.1. The topological polar surface area (TPSA) is 66.9 Å². The quantitative estimate of drug-likeness (QED) is 0.636. The summed E-state index contributed by atoms with van der Waals surface area (Å²) >= 11 is 0. The zero-order valence-corrected chi connectivity index (χ0v) is 20.1. The molecule has 2 atom stereocenters. The summed E-state index contributed by atoms with van der Waals surface area (Å²) in [5, 5.41) is -0.404. The molecule has 0 aromatic heterocycles. The van der Waals surface area contributed by atoms with Crippen LogP contribution in [0.1, 0.15) is 46.1 Å². The predicted molar refractivity (Wildman–Crippen MR) is 121 cm³/mol. The van der Waals surface area contributed by atoms with E-state index in [1.54, 1.807) is 23.6 Å². The number of ether oxygens (including phenoxy) is 1. The molecule has 0 unspecified atom stereocenters. The fourth-order valence-corrected chi connectivity index (χ4v) is 5.91. The number of likely N-dealkylation sites (tertiary alicyclic amines) is 1. The fraction of sp³-hybridized carbons (Fsp3) is 0.696. The summed E-state index contributed by atoms with van der Waals surface area (Å²) in [6.07, 6.45) is 0.896. The van der Waals surface area contributed by atoms with Gasteiger partial charge in [0.2, 0.25) is 5.91 Å². The monoisotopic (exact) mass is 472 g/mol. The van der Waals surface area contributed by atoms with Gasteiger partial charge in [-0.15, -0.1) is 0 Å². The van der Waals surface area contributed by atoms with Crippen molar-refractivity contribution in [3.63, 3.8) is 0 Å². The van der Waals surface area contributed by atoms with Crippen LogP contribution in [0.2, 0.25) is 0 Å². The summed E-state index contributed by atoms with van der Waals surface area (Å²) in [5.41, 5.74) is 0.225. The smallest absolute Gasteiger partial charge is 0.226 e. The van der Waals surface area contributed by atoms with Crippen molar-refractivity contribution in [1.29, 1.82) is 0 Å². The van der Waals surface area contributed by atoms with Gasteiger partial charge in [-0.1, -0.05) is 0 Å². The normalized spacial score (nSPS) is 23.1. The standard InChI is InChI=1S/C23H34F2N2O4S/c1-15(2)32(29,30)14-18-5-7-26(8-6-18)22(28)11-19-9-20(24)23(21(25)10-19)27-12-16(3)31-17(4)13-27/h9-10,15-18H,5-8,11-14H2,1-4H3/t16-,17+. The van der Waals surface area contributed by atoms with Crippen LogP contribution in [0.5, 0.6) is 0 Å². The second-order valence-electron chi connectivity index (χ2n) is 9.45. The van der Waals surface area contributed by atoms with Crippen molar-refractivity contribution in [3.8, 4) is 0 Å². The Labute approximate surface area is 189 Å². The Morgan fingerprint density at radius 2 is 1.62 bits per heavy atom. The molecule has 2 fully saturated rings. The number of amides is 1. The average molecular weight is 473 g/mol. The molecule has 6 nitrogen and oxygen atoms in total. The number of carbonyl (C=O) groups is 1. The number of hydrogen-bond acceptors (Lipinski definition) is 5. The molecule has 0 N–H and O–H groups in total. The average Bonchev–Trinajstić information content (AvgIpc) is 2.66. The second kappa shape index (κ2) is 10.0. The largest absolute Gasteiger partial charge is 0.372 e. The highest BCUT2D eigenvalue weighted by atomic mass is 32.2. The highest BCUT2D eigenvalue weighted by Crippen LogP contribution is 2.29. The lowest BCUT2D eigenvalue weighted by Gasteiger charge is -2.37. The molecule has 0 spiro atoms. The van der Waals surface area contributed by atoms with Crippen molar-refractivity contribution in [2.75, 3.05) is 36.8 Å². The number of halogens is 2. The Balaban J connectivity index is 1.60. The highest BCUT2D eigenvalue weighted by molar-refractivity contribution is 7.91. The molecule has 0 aliphatic carbocycles. The summed E-state index contributed by atoms with van der Waals surface area (Å²) in [6.45, 7) is 8.82. The molecule has 1 amide bonds. The molecule has 1 aromatic rings. The van der Waals surface area contributed by atoms with E-state index in [0.29, 0.717) is 44.6 Å². The highest BCUT2D eigenvalue weighted by Gasteiger charge is 2.29. The Hall–Kier alpha value is -1.74.